The molecule has 1 fully saturated rings. The maximum Gasteiger partial charge on any atom is 0.256 e. The Kier molecular flexibility index (Phi) is 5.69. The molecule has 6 heteroatoms. The van der Waals surface area contributed by atoms with Gasteiger partial charge in [0.2, 0.25) is 0 Å². The van der Waals surface area contributed by atoms with Crippen LogP contribution in [0.2, 0.25) is 0 Å². The van der Waals surface area contributed by atoms with Gasteiger partial charge in [0.1, 0.15) is 5.82 Å². The minimum atomic E-state index is -0.282. The van der Waals surface area contributed by atoms with E-state index in [-0.39, 0.29) is 11.7 Å². The van der Waals surface area contributed by atoms with Crippen molar-refractivity contribution in [2.24, 2.45) is 0 Å². The van der Waals surface area contributed by atoms with E-state index in [0.29, 0.717) is 5.56 Å². The van der Waals surface area contributed by atoms with E-state index in [1.54, 1.807) is 23.5 Å². The minimum absolute atomic E-state index is 0.0287. The van der Waals surface area contributed by atoms with Crippen LogP contribution in [0.15, 0.2) is 66.0 Å². The Bertz CT molecular complexity index is 919. The molecule has 1 N–H and O–H groups in total. The summed E-state index contributed by atoms with van der Waals surface area (Å²) in [7, 11) is 0. The molecule has 2 aromatic carbocycles. The molecule has 4 rings (SSSR count). The summed E-state index contributed by atoms with van der Waals surface area (Å²) >= 11 is 1.77. The van der Waals surface area contributed by atoms with Crippen molar-refractivity contribution >= 4 is 28.6 Å². The zero-order chi connectivity index (χ0) is 19.3. The first-order chi connectivity index (χ1) is 13.7. The molecule has 0 saturated carbocycles. The van der Waals surface area contributed by atoms with Crippen LogP contribution in [0.3, 0.4) is 0 Å². The van der Waals surface area contributed by atoms with Gasteiger partial charge in [-0.05, 0) is 47.8 Å². The fourth-order valence-electron chi connectivity index (χ4n) is 3.37. The predicted octanol–water partition coefficient (Wildman–Crippen LogP) is 4.59. The molecule has 0 atom stereocenters. The summed E-state index contributed by atoms with van der Waals surface area (Å²) < 4.78 is 13.1. The van der Waals surface area contributed by atoms with Gasteiger partial charge in [0.25, 0.3) is 5.91 Å². The van der Waals surface area contributed by atoms with Gasteiger partial charge in [0.15, 0.2) is 0 Å². The van der Waals surface area contributed by atoms with Gasteiger partial charge in [-0.15, -0.1) is 11.3 Å². The van der Waals surface area contributed by atoms with Crippen molar-refractivity contribution in [3.8, 4) is 0 Å². The Hall–Kier alpha value is -2.70. The molecule has 0 aliphatic carbocycles. The molecule has 1 aliphatic heterocycles. The molecule has 0 radical (unpaired) electrons. The van der Waals surface area contributed by atoms with Gasteiger partial charge in [0.05, 0.1) is 11.3 Å². The van der Waals surface area contributed by atoms with Gasteiger partial charge in [-0.3, -0.25) is 9.69 Å². The van der Waals surface area contributed by atoms with Crippen LogP contribution in [0.4, 0.5) is 15.8 Å². The summed E-state index contributed by atoms with van der Waals surface area (Å²) in [5.74, 6) is -0.253. The Morgan fingerprint density at radius 2 is 1.71 bits per heavy atom. The molecule has 2 heterocycles. The molecule has 3 aromatic rings. The van der Waals surface area contributed by atoms with Crippen LogP contribution in [0.5, 0.6) is 0 Å². The van der Waals surface area contributed by atoms with Crippen molar-refractivity contribution in [2.75, 3.05) is 31.5 Å². The number of para-hydroxylation sites is 1. The highest BCUT2D eigenvalue weighted by Crippen LogP contribution is 2.23. The van der Waals surface area contributed by atoms with E-state index in [1.807, 2.05) is 29.2 Å². The maximum atomic E-state index is 13.1. The van der Waals surface area contributed by atoms with E-state index in [9.17, 15) is 9.18 Å². The number of halogens is 1. The second-order valence-electron chi connectivity index (χ2n) is 6.83. The van der Waals surface area contributed by atoms with Gasteiger partial charge in [-0.25, -0.2) is 4.39 Å². The lowest BCUT2D eigenvalue weighted by Gasteiger charge is -2.34. The third-order valence-electron chi connectivity index (χ3n) is 4.90. The zero-order valence-electron chi connectivity index (χ0n) is 15.5. The van der Waals surface area contributed by atoms with Crippen LogP contribution in [0, 0.1) is 5.82 Å². The molecular formula is C22H22FN3OS. The first-order valence-corrected chi connectivity index (χ1v) is 10.2. The number of carbonyl (C=O) groups is 1. The normalized spacial score (nSPS) is 14.8. The number of hydrogen-bond donors (Lipinski definition) is 1. The molecule has 1 aromatic heterocycles. The number of anilines is 2. The average molecular weight is 396 g/mol. The van der Waals surface area contributed by atoms with Crippen LogP contribution in [0.25, 0.3) is 0 Å². The molecule has 0 spiro atoms. The van der Waals surface area contributed by atoms with Crippen LogP contribution < -0.4 is 5.32 Å². The Balaban J connectivity index is 1.41. The number of piperazine rings is 1. The number of thiophene rings is 1. The lowest BCUT2D eigenvalue weighted by atomic mass is 10.1. The highest BCUT2D eigenvalue weighted by atomic mass is 32.1. The van der Waals surface area contributed by atoms with E-state index in [2.05, 4.69) is 27.7 Å². The Morgan fingerprint density at radius 1 is 0.964 bits per heavy atom. The standard InChI is InChI=1S/C22H22FN3OS/c23-17-7-9-18(10-8-17)24-21-6-2-1-5-20(21)22(27)26-13-11-25(12-14-26)16-19-4-3-15-28-19/h1-10,15,24H,11-14,16H2. The summed E-state index contributed by atoms with van der Waals surface area (Å²) in [6, 6.07) is 17.8. The monoisotopic (exact) mass is 395 g/mol. The molecule has 1 amide bonds. The topological polar surface area (TPSA) is 35.6 Å². The highest BCUT2D eigenvalue weighted by molar-refractivity contribution is 7.09. The van der Waals surface area contributed by atoms with E-state index in [1.165, 1.54) is 17.0 Å². The van der Waals surface area contributed by atoms with Crippen molar-refractivity contribution in [1.29, 1.82) is 0 Å². The SMILES string of the molecule is O=C(c1ccccc1Nc1ccc(F)cc1)N1CCN(Cc2cccs2)CC1. The Labute approximate surface area is 168 Å². The van der Waals surface area contributed by atoms with E-state index in [0.717, 1.165) is 44.1 Å². The Morgan fingerprint density at radius 3 is 2.43 bits per heavy atom. The van der Waals surface area contributed by atoms with Gasteiger partial charge in [-0.2, -0.15) is 0 Å². The predicted molar refractivity (Wildman–Crippen MR) is 112 cm³/mol. The van der Waals surface area contributed by atoms with E-state index in [4.69, 9.17) is 0 Å². The van der Waals surface area contributed by atoms with Crippen molar-refractivity contribution < 1.29 is 9.18 Å². The number of nitrogens with one attached hydrogen (secondary N) is 1. The number of rotatable bonds is 5. The number of carbonyl (C=O) groups excluding carboxylic acids is 1. The molecule has 28 heavy (non-hydrogen) atoms. The number of nitrogens with zero attached hydrogens (tertiary/aromatic N) is 2. The quantitative estimate of drug-likeness (QED) is 0.686. The van der Waals surface area contributed by atoms with Crippen molar-refractivity contribution in [1.82, 2.24) is 9.80 Å². The summed E-state index contributed by atoms with van der Waals surface area (Å²) in [5, 5.41) is 5.33. The second-order valence-corrected chi connectivity index (χ2v) is 7.86. The summed E-state index contributed by atoms with van der Waals surface area (Å²) in [4.78, 5) is 18.8. The lowest BCUT2D eigenvalue weighted by Crippen LogP contribution is -2.48. The fraction of sp³-hybridized carbons (Fsp3) is 0.227. The first-order valence-electron chi connectivity index (χ1n) is 9.35. The van der Waals surface area contributed by atoms with Crippen molar-refractivity contribution in [2.45, 2.75) is 6.54 Å². The van der Waals surface area contributed by atoms with Crippen molar-refractivity contribution in [3.05, 3.63) is 82.3 Å². The molecule has 1 aliphatic rings. The zero-order valence-corrected chi connectivity index (χ0v) is 16.3. The lowest BCUT2D eigenvalue weighted by molar-refractivity contribution is 0.0630. The van der Waals surface area contributed by atoms with Crippen LogP contribution in [-0.4, -0.2) is 41.9 Å². The van der Waals surface area contributed by atoms with E-state index >= 15 is 0 Å². The van der Waals surface area contributed by atoms with Crippen LogP contribution in [0.1, 0.15) is 15.2 Å². The molecule has 1 saturated heterocycles. The molecule has 144 valence electrons. The molecular weight excluding hydrogens is 373 g/mol. The van der Waals surface area contributed by atoms with Gasteiger partial charge < -0.3 is 10.2 Å². The second kappa shape index (κ2) is 8.54. The largest absolute Gasteiger partial charge is 0.355 e. The van der Waals surface area contributed by atoms with Crippen LogP contribution in [-0.2, 0) is 6.54 Å². The number of amides is 1. The van der Waals surface area contributed by atoms with Crippen molar-refractivity contribution in [3.63, 3.8) is 0 Å². The number of benzene rings is 2. The molecule has 4 nitrogen and oxygen atoms in total. The smallest absolute Gasteiger partial charge is 0.256 e. The highest BCUT2D eigenvalue weighted by Gasteiger charge is 2.24. The third kappa shape index (κ3) is 4.40. The van der Waals surface area contributed by atoms with Gasteiger partial charge in [-0.1, -0.05) is 18.2 Å². The first kappa shape index (κ1) is 18.7. The third-order valence-corrected chi connectivity index (χ3v) is 5.76. The van der Waals surface area contributed by atoms with E-state index < -0.39 is 0 Å². The van der Waals surface area contributed by atoms with Gasteiger partial charge in [0, 0.05) is 43.3 Å². The fourth-order valence-corrected chi connectivity index (χ4v) is 4.12. The summed E-state index contributed by atoms with van der Waals surface area (Å²) in [6.07, 6.45) is 0. The maximum absolute atomic E-state index is 13.1. The van der Waals surface area contributed by atoms with Gasteiger partial charge >= 0.3 is 0 Å². The minimum Gasteiger partial charge on any atom is -0.355 e. The molecule has 0 bridgehead atoms. The average Bonchev–Trinajstić information content (AvgIpc) is 3.23. The number of hydrogen-bond acceptors (Lipinski definition) is 4. The summed E-state index contributed by atoms with van der Waals surface area (Å²) in [5.41, 5.74) is 2.13. The molecule has 0 unspecified atom stereocenters. The summed E-state index contributed by atoms with van der Waals surface area (Å²) in [6.45, 7) is 4.13. The van der Waals surface area contributed by atoms with Crippen LogP contribution >= 0.6 is 11.3 Å².